The molecule has 1 fully saturated rings. The van der Waals surface area contributed by atoms with Crippen molar-refractivity contribution in [3.63, 3.8) is 0 Å². The monoisotopic (exact) mass is 167 g/mol. The quantitative estimate of drug-likeness (QED) is 0.570. The van der Waals surface area contributed by atoms with Crippen molar-refractivity contribution < 1.29 is 9.90 Å². The number of nitrogens with one attached hydrogen (secondary N) is 1. The van der Waals surface area contributed by atoms with Crippen LogP contribution in [0.4, 0.5) is 0 Å². The molecule has 0 aromatic heterocycles. The van der Waals surface area contributed by atoms with Gasteiger partial charge in [-0.15, -0.1) is 6.42 Å². The highest BCUT2D eigenvalue weighted by Gasteiger charge is 2.34. The zero-order valence-corrected chi connectivity index (χ0v) is 6.97. The van der Waals surface area contributed by atoms with E-state index >= 15 is 0 Å². The van der Waals surface area contributed by atoms with E-state index in [4.69, 9.17) is 11.5 Å². The predicted octanol–water partition coefficient (Wildman–Crippen LogP) is 0.0409. The fourth-order valence-electron chi connectivity index (χ4n) is 1.65. The molecule has 1 saturated carbocycles. The Morgan fingerprint density at radius 3 is 2.58 bits per heavy atom. The van der Waals surface area contributed by atoms with Crippen molar-refractivity contribution in [2.75, 3.05) is 6.61 Å². The Morgan fingerprint density at radius 1 is 1.58 bits per heavy atom. The smallest absolute Gasteiger partial charge is 0.296 e. The molecule has 3 nitrogen and oxygen atoms in total. The number of terminal acetylenes is 1. The van der Waals surface area contributed by atoms with E-state index < -0.39 is 11.4 Å². The molecule has 0 saturated heterocycles. The number of aliphatic hydroxyl groups excluding tert-OH is 1. The maximum atomic E-state index is 10.9. The number of carbonyl (C=O) groups is 1. The van der Waals surface area contributed by atoms with E-state index in [9.17, 15) is 4.79 Å². The molecule has 1 rings (SSSR count). The van der Waals surface area contributed by atoms with Gasteiger partial charge in [0.15, 0.2) is 0 Å². The summed E-state index contributed by atoms with van der Waals surface area (Å²) in [6.07, 6.45) is 8.67. The molecule has 0 unspecified atom stereocenters. The van der Waals surface area contributed by atoms with Crippen molar-refractivity contribution >= 4 is 5.91 Å². The second-order valence-electron chi connectivity index (χ2n) is 3.24. The van der Waals surface area contributed by atoms with Gasteiger partial charge in [-0.3, -0.25) is 4.79 Å². The molecule has 3 heteroatoms. The van der Waals surface area contributed by atoms with Crippen molar-refractivity contribution in [1.82, 2.24) is 5.32 Å². The predicted molar refractivity (Wildman–Crippen MR) is 45.3 cm³/mol. The van der Waals surface area contributed by atoms with E-state index in [0.29, 0.717) is 0 Å². The molecule has 0 heterocycles. The van der Waals surface area contributed by atoms with Gasteiger partial charge in [0.1, 0.15) is 0 Å². The highest BCUT2D eigenvalue weighted by molar-refractivity contribution is 5.93. The number of amides is 1. The number of hydrogen-bond donors (Lipinski definition) is 2. The average molecular weight is 167 g/mol. The summed E-state index contributed by atoms with van der Waals surface area (Å²) in [7, 11) is 0. The minimum absolute atomic E-state index is 0.0135. The molecule has 66 valence electrons. The molecule has 0 bridgehead atoms. The van der Waals surface area contributed by atoms with Gasteiger partial charge in [0.05, 0.1) is 12.1 Å². The number of rotatable bonds is 2. The van der Waals surface area contributed by atoms with Crippen molar-refractivity contribution in [3.8, 4) is 12.3 Å². The number of aliphatic hydroxyl groups is 1. The minimum atomic E-state index is -0.427. The third-order valence-corrected chi connectivity index (χ3v) is 2.37. The zero-order chi connectivity index (χ0) is 9.03. The molecule has 0 aliphatic heterocycles. The molecule has 1 amide bonds. The summed E-state index contributed by atoms with van der Waals surface area (Å²) in [5.74, 6) is 1.56. The van der Waals surface area contributed by atoms with E-state index in [-0.39, 0.29) is 6.61 Å². The second-order valence-corrected chi connectivity index (χ2v) is 3.24. The van der Waals surface area contributed by atoms with E-state index in [1.54, 1.807) is 0 Å². The zero-order valence-electron chi connectivity index (χ0n) is 6.97. The van der Waals surface area contributed by atoms with Crippen LogP contribution in [0.25, 0.3) is 0 Å². The lowest BCUT2D eigenvalue weighted by molar-refractivity contribution is -0.118. The van der Waals surface area contributed by atoms with Gasteiger partial charge in [-0.2, -0.15) is 0 Å². The Balaban J connectivity index is 2.56. The van der Waals surface area contributed by atoms with Crippen LogP contribution in [0.5, 0.6) is 0 Å². The molecular weight excluding hydrogens is 154 g/mol. The van der Waals surface area contributed by atoms with E-state index in [0.717, 1.165) is 25.7 Å². The van der Waals surface area contributed by atoms with Crippen LogP contribution in [0.3, 0.4) is 0 Å². The Morgan fingerprint density at radius 2 is 2.17 bits per heavy atom. The summed E-state index contributed by atoms with van der Waals surface area (Å²) in [4.78, 5) is 10.9. The largest absolute Gasteiger partial charge is 0.394 e. The summed E-state index contributed by atoms with van der Waals surface area (Å²) < 4.78 is 0. The van der Waals surface area contributed by atoms with Gasteiger partial charge in [0.2, 0.25) is 0 Å². The third-order valence-electron chi connectivity index (χ3n) is 2.37. The topological polar surface area (TPSA) is 49.3 Å². The molecule has 0 radical (unpaired) electrons. The van der Waals surface area contributed by atoms with Crippen molar-refractivity contribution in [1.29, 1.82) is 0 Å². The maximum absolute atomic E-state index is 10.9. The lowest BCUT2D eigenvalue weighted by Crippen LogP contribution is -2.48. The average Bonchev–Trinajstić information content (AvgIpc) is 2.54. The summed E-state index contributed by atoms with van der Waals surface area (Å²) in [6.45, 7) is -0.0135. The lowest BCUT2D eigenvalue weighted by atomic mass is 9.99. The Labute approximate surface area is 72.2 Å². The SMILES string of the molecule is C#CC(=O)NC1(CO)CCCC1. The number of hydrogen-bond acceptors (Lipinski definition) is 2. The van der Waals surface area contributed by atoms with Gasteiger partial charge >= 0.3 is 0 Å². The van der Waals surface area contributed by atoms with Crippen LogP contribution >= 0.6 is 0 Å². The van der Waals surface area contributed by atoms with Crippen LogP contribution in [-0.4, -0.2) is 23.2 Å². The van der Waals surface area contributed by atoms with Crippen LogP contribution < -0.4 is 5.32 Å². The normalized spacial score (nSPS) is 20.0. The molecule has 1 aliphatic carbocycles. The molecular formula is C9H13NO2. The van der Waals surface area contributed by atoms with Crippen LogP contribution in [-0.2, 0) is 4.79 Å². The fourth-order valence-corrected chi connectivity index (χ4v) is 1.65. The highest BCUT2D eigenvalue weighted by Crippen LogP contribution is 2.28. The van der Waals surface area contributed by atoms with Gasteiger partial charge in [-0.1, -0.05) is 12.8 Å². The summed E-state index contributed by atoms with van der Waals surface area (Å²) in [5, 5.41) is 11.7. The molecule has 0 aromatic rings. The van der Waals surface area contributed by atoms with Gasteiger partial charge < -0.3 is 10.4 Å². The van der Waals surface area contributed by atoms with Crippen LogP contribution in [0.1, 0.15) is 25.7 Å². The molecule has 2 N–H and O–H groups in total. The Bertz CT molecular complexity index is 211. The van der Waals surface area contributed by atoms with Crippen molar-refractivity contribution in [3.05, 3.63) is 0 Å². The van der Waals surface area contributed by atoms with Crippen LogP contribution in [0.2, 0.25) is 0 Å². The van der Waals surface area contributed by atoms with E-state index in [1.807, 2.05) is 5.92 Å². The first kappa shape index (κ1) is 9.08. The molecule has 1 aliphatic rings. The first-order valence-electron chi connectivity index (χ1n) is 4.12. The van der Waals surface area contributed by atoms with Crippen LogP contribution in [0, 0.1) is 12.3 Å². The summed E-state index contributed by atoms with van der Waals surface area (Å²) in [6, 6.07) is 0. The molecule has 12 heavy (non-hydrogen) atoms. The van der Waals surface area contributed by atoms with Gasteiger partial charge in [0.25, 0.3) is 5.91 Å². The fraction of sp³-hybridized carbons (Fsp3) is 0.667. The molecule has 0 aromatic carbocycles. The summed E-state index contributed by atoms with van der Waals surface area (Å²) in [5.41, 5.74) is -0.427. The highest BCUT2D eigenvalue weighted by atomic mass is 16.3. The third kappa shape index (κ3) is 1.77. The Kier molecular flexibility index (Phi) is 2.72. The first-order valence-corrected chi connectivity index (χ1v) is 4.12. The minimum Gasteiger partial charge on any atom is -0.394 e. The maximum Gasteiger partial charge on any atom is 0.296 e. The van der Waals surface area contributed by atoms with E-state index in [2.05, 4.69) is 5.32 Å². The standard InChI is InChI=1S/C9H13NO2/c1-2-8(12)10-9(7-11)5-3-4-6-9/h1,11H,3-7H2,(H,10,12). The molecule has 0 spiro atoms. The first-order chi connectivity index (χ1) is 5.72. The van der Waals surface area contributed by atoms with Gasteiger partial charge in [-0.25, -0.2) is 0 Å². The van der Waals surface area contributed by atoms with E-state index in [1.165, 1.54) is 0 Å². The van der Waals surface area contributed by atoms with Crippen molar-refractivity contribution in [2.45, 2.75) is 31.2 Å². The second kappa shape index (κ2) is 3.59. The summed E-state index contributed by atoms with van der Waals surface area (Å²) >= 11 is 0. The lowest BCUT2D eigenvalue weighted by Gasteiger charge is -2.26. The van der Waals surface area contributed by atoms with Gasteiger partial charge in [0, 0.05) is 0 Å². The molecule has 0 atom stereocenters. The van der Waals surface area contributed by atoms with Crippen molar-refractivity contribution in [2.24, 2.45) is 0 Å². The van der Waals surface area contributed by atoms with Gasteiger partial charge in [-0.05, 0) is 18.8 Å². The number of carbonyl (C=O) groups excluding carboxylic acids is 1. The Hall–Kier alpha value is -1.01. The van der Waals surface area contributed by atoms with Crippen LogP contribution in [0.15, 0.2) is 0 Å².